The van der Waals surface area contributed by atoms with Crippen LogP contribution in [-0.4, -0.2) is 24.6 Å². The molecule has 0 aromatic heterocycles. The molecule has 2 nitrogen and oxygen atoms in total. The maximum atomic E-state index is 6.42. The van der Waals surface area contributed by atoms with Gasteiger partial charge in [0.1, 0.15) is 0 Å². The zero-order valence-corrected chi connectivity index (χ0v) is 18.9. The minimum Gasteiger partial charge on any atom is -0.392 e. The average Bonchev–Trinajstić information content (AvgIpc) is 2.35. The topological polar surface area (TPSA) is 18.5 Å². The van der Waals surface area contributed by atoms with Crippen molar-refractivity contribution >= 4 is 30.9 Å². The maximum absolute atomic E-state index is 6.42. The van der Waals surface area contributed by atoms with Gasteiger partial charge in [-0.3, -0.25) is 0 Å². The minimum atomic E-state index is -1.83. The average molecular weight is 438 g/mol. The Labute approximate surface area is 153 Å². The van der Waals surface area contributed by atoms with Crippen LogP contribution in [0.15, 0.2) is 24.3 Å². The minimum absolute atomic E-state index is 0.170. The molecule has 130 valence electrons. The van der Waals surface area contributed by atoms with Crippen molar-refractivity contribution in [3.8, 4) is 0 Å². The van der Waals surface area contributed by atoms with Crippen molar-refractivity contribution in [3.05, 3.63) is 24.3 Å². The first-order chi connectivity index (χ1) is 9.87. The zero-order valence-electron chi connectivity index (χ0n) is 15.8. The van der Waals surface area contributed by atoms with Crippen LogP contribution in [0.4, 0.5) is 0 Å². The van der Waals surface area contributed by atoms with Crippen LogP contribution in [0.3, 0.4) is 0 Å². The van der Waals surface area contributed by atoms with Crippen LogP contribution in [0.1, 0.15) is 54.4 Å². The van der Waals surface area contributed by atoms with Crippen molar-refractivity contribution in [2.24, 2.45) is 0 Å². The van der Waals surface area contributed by atoms with Gasteiger partial charge in [-0.25, -0.2) is 0 Å². The van der Waals surface area contributed by atoms with E-state index in [9.17, 15) is 0 Å². The van der Waals surface area contributed by atoms with E-state index in [-0.39, 0.29) is 16.9 Å². The van der Waals surface area contributed by atoms with Gasteiger partial charge in [-0.05, 0) is 51.7 Å². The molecule has 0 bridgehead atoms. The summed E-state index contributed by atoms with van der Waals surface area (Å²) < 4.78 is 13.6. The molecule has 0 spiro atoms. The molecule has 0 aliphatic carbocycles. The highest BCUT2D eigenvalue weighted by atomic mass is 127. The van der Waals surface area contributed by atoms with Gasteiger partial charge in [-0.2, -0.15) is 0 Å². The molecular formula is C18H35IO2Si. The molecule has 0 saturated carbocycles. The fourth-order valence-electron chi connectivity index (χ4n) is 1.75. The van der Waals surface area contributed by atoms with E-state index >= 15 is 0 Å². The van der Waals surface area contributed by atoms with Crippen molar-refractivity contribution in [2.75, 3.05) is 4.43 Å². The second kappa shape index (κ2) is 8.99. The number of hydrogen-bond acceptors (Lipinski definition) is 2. The van der Waals surface area contributed by atoms with Crippen molar-refractivity contribution in [3.63, 3.8) is 0 Å². The lowest BCUT2D eigenvalue weighted by atomic mass is 9.99. The van der Waals surface area contributed by atoms with Gasteiger partial charge in [0.25, 0.3) is 0 Å². The maximum Gasteiger partial charge on any atom is 0.195 e. The lowest BCUT2D eigenvalue weighted by Gasteiger charge is -2.41. The van der Waals surface area contributed by atoms with E-state index < -0.39 is 8.32 Å². The summed E-state index contributed by atoms with van der Waals surface area (Å²) in [7, 11) is -1.83. The third kappa shape index (κ3) is 7.75. The van der Waals surface area contributed by atoms with Crippen LogP contribution in [0, 0.1) is 0 Å². The SMILES string of the molecule is C=CC(C)(CCC=C(C)C)O[C@H](CI)O[Si](C)(C)C(C)(C)C. The fourth-order valence-corrected chi connectivity index (χ4v) is 3.59. The molecule has 0 fully saturated rings. The van der Waals surface area contributed by atoms with Crippen molar-refractivity contribution in [1.82, 2.24) is 0 Å². The first-order valence-electron chi connectivity index (χ1n) is 8.05. The third-order valence-electron chi connectivity index (χ3n) is 4.38. The number of halogens is 1. The second-order valence-corrected chi connectivity index (χ2v) is 13.6. The zero-order chi connectivity index (χ0) is 17.6. The Morgan fingerprint density at radius 3 is 2.14 bits per heavy atom. The van der Waals surface area contributed by atoms with Gasteiger partial charge < -0.3 is 9.16 Å². The molecule has 4 heteroatoms. The molecule has 2 atom stereocenters. The monoisotopic (exact) mass is 438 g/mol. The molecule has 0 aliphatic heterocycles. The van der Waals surface area contributed by atoms with Crippen LogP contribution in [0.25, 0.3) is 0 Å². The van der Waals surface area contributed by atoms with Gasteiger partial charge in [-0.15, -0.1) is 6.58 Å². The molecule has 0 aromatic rings. The quantitative estimate of drug-likeness (QED) is 0.135. The van der Waals surface area contributed by atoms with E-state index in [1.54, 1.807) is 0 Å². The second-order valence-electron chi connectivity index (χ2n) is 7.92. The molecule has 0 radical (unpaired) electrons. The first-order valence-corrected chi connectivity index (χ1v) is 12.5. The molecule has 0 aromatic carbocycles. The Hall–Kier alpha value is 0.347. The standard InChI is InChI=1S/C18H35IO2Si/c1-10-18(7,13-11-12-15(2)3)20-16(14-19)21-22(8,9)17(4,5)6/h10,12,16H,1,11,13-14H2,2-9H3/t16-,18?/m0/s1. The van der Waals surface area contributed by atoms with Gasteiger partial charge >= 0.3 is 0 Å². The predicted molar refractivity (Wildman–Crippen MR) is 109 cm³/mol. The first kappa shape index (κ1) is 22.3. The number of alkyl halides is 1. The highest BCUT2D eigenvalue weighted by molar-refractivity contribution is 14.1. The van der Waals surface area contributed by atoms with Gasteiger partial charge in [0, 0.05) is 4.43 Å². The highest BCUT2D eigenvalue weighted by Crippen LogP contribution is 2.38. The third-order valence-corrected chi connectivity index (χ3v) is 9.57. The van der Waals surface area contributed by atoms with Crippen molar-refractivity contribution in [2.45, 2.75) is 84.4 Å². The summed E-state index contributed by atoms with van der Waals surface area (Å²) in [6.45, 7) is 21.6. The number of hydrogen-bond donors (Lipinski definition) is 0. The summed E-state index contributed by atoms with van der Waals surface area (Å²) in [6.07, 6.45) is 5.92. The molecule has 22 heavy (non-hydrogen) atoms. The Morgan fingerprint density at radius 1 is 1.23 bits per heavy atom. The van der Waals surface area contributed by atoms with E-state index in [1.165, 1.54) is 5.57 Å². The highest BCUT2D eigenvalue weighted by Gasteiger charge is 2.40. The summed E-state index contributed by atoms with van der Waals surface area (Å²) in [6, 6.07) is 0. The largest absolute Gasteiger partial charge is 0.392 e. The fraction of sp³-hybridized carbons (Fsp3) is 0.778. The van der Waals surface area contributed by atoms with Crippen LogP contribution in [0.5, 0.6) is 0 Å². The Balaban J connectivity index is 4.88. The van der Waals surface area contributed by atoms with Crippen molar-refractivity contribution in [1.29, 1.82) is 0 Å². The van der Waals surface area contributed by atoms with E-state index in [0.717, 1.165) is 17.3 Å². The molecule has 0 amide bonds. The molecule has 0 saturated heterocycles. The van der Waals surface area contributed by atoms with Gasteiger partial charge in [0.05, 0.1) is 5.60 Å². The van der Waals surface area contributed by atoms with Gasteiger partial charge in [-0.1, -0.05) is 61.1 Å². The van der Waals surface area contributed by atoms with Gasteiger partial charge in [0.15, 0.2) is 14.6 Å². The molecule has 0 aliphatic rings. The van der Waals surface area contributed by atoms with E-state index in [2.05, 4.69) is 89.9 Å². The predicted octanol–water partition coefficient (Wildman–Crippen LogP) is 6.48. The molecule has 0 N–H and O–H groups in total. The summed E-state index contributed by atoms with van der Waals surface area (Å²) in [5.74, 6) is 0. The Bertz CT molecular complexity index is 381. The number of allylic oxidation sites excluding steroid dienone is 2. The van der Waals surface area contributed by atoms with E-state index in [4.69, 9.17) is 9.16 Å². The molecular weight excluding hydrogens is 403 g/mol. The Kier molecular flexibility index (Phi) is 9.14. The normalized spacial score (nSPS) is 16.8. The number of rotatable bonds is 9. The van der Waals surface area contributed by atoms with Crippen LogP contribution in [-0.2, 0) is 9.16 Å². The van der Waals surface area contributed by atoms with Crippen LogP contribution >= 0.6 is 22.6 Å². The van der Waals surface area contributed by atoms with Crippen LogP contribution < -0.4 is 0 Å². The summed E-state index contributed by atoms with van der Waals surface area (Å²) >= 11 is 2.35. The molecule has 0 rings (SSSR count). The number of ether oxygens (including phenoxy) is 1. The summed E-state index contributed by atoms with van der Waals surface area (Å²) in [4.78, 5) is 0. The smallest absolute Gasteiger partial charge is 0.195 e. The molecule has 0 heterocycles. The summed E-state index contributed by atoms with van der Waals surface area (Å²) in [5.41, 5.74) is 0.999. The van der Waals surface area contributed by atoms with Gasteiger partial charge in [0.2, 0.25) is 0 Å². The van der Waals surface area contributed by atoms with E-state index in [0.29, 0.717) is 0 Å². The van der Waals surface area contributed by atoms with E-state index in [1.807, 2.05) is 6.08 Å². The molecule has 1 unspecified atom stereocenters. The summed E-state index contributed by atoms with van der Waals surface area (Å²) in [5, 5.41) is 0.188. The lowest BCUT2D eigenvalue weighted by Crippen LogP contribution is -2.47. The lowest BCUT2D eigenvalue weighted by molar-refractivity contribution is -0.139. The Morgan fingerprint density at radius 2 is 1.77 bits per heavy atom. The van der Waals surface area contributed by atoms with Crippen LogP contribution in [0.2, 0.25) is 18.1 Å². The van der Waals surface area contributed by atoms with Crippen molar-refractivity contribution < 1.29 is 9.16 Å².